The van der Waals surface area contributed by atoms with Crippen molar-refractivity contribution in [3.8, 4) is 5.75 Å². The van der Waals surface area contributed by atoms with E-state index in [1.54, 1.807) is 0 Å². The van der Waals surface area contributed by atoms with Gasteiger partial charge in [-0.3, -0.25) is 0 Å². The lowest BCUT2D eigenvalue weighted by Crippen LogP contribution is -2.29. The monoisotopic (exact) mass is 313 g/mol. The summed E-state index contributed by atoms with van der Waals surface area (Å²) >= 11 is 3.59. The van der Waals surface area contributed by atoms with Crippen LogP contribution in [-0.4, -0.2) is 13.7 Å². The third kappa shape index (κ3) is 3.99. The average molecular weight is 314 g/mol. The molecule has 0 fully saturated rings. The summed E-state index contributed by atoms with van der Waals surface area (Å²) in [6, 6.07) is 6.67. The predicted molar refractivity (Wildman–Crippen MR) is 81.2 cm³/mol. The molecule has 0 saturated heterocycles. The lowest BCUT2D eigenvalue weighted by molar-refractivity contribution is 0.285. The van der Waals surface area contributed by atoms with E-state index in [1.807, 2.05) is 13.1 Å². The first-order valence-electron chi connectivity index (χ1n) is 6.49. The summed E-state index contributed by atoms with van der Waals surface area (Å²) in [6.07, 6.45) is 1.02. The molecule has 0 saturated carbocycles. The Balaban J connectivity index is 2.95. The van der Waals surface area contributed by atoms with E-state index in [4.69, 9.17) is 4.74 Å². The van der Waals surface area contributed by atoms with Crippen LogP contribution in [0.4, 0.5) is 0 Å². The number of halogens is 1. The molecule has 1 aromatic rings. The van der Waals surface area contributed by atoms with Gasteiger partial charge in [-0.1, -0.05) is 33.8 Å². The van der Waals surface area contributed by atoms with Crippen LogP contribution in [0.5, 0.6) is 5.75 Å². The molecule has 0 aliphatic rings. The van der Waals surface area contributed by atoms with E-state index in [0.29, 0.717) is 6.04 Å². The number of nitrogens with one attached hydrogen (secondary N) is 1. The third-order valence-electron chi connectivity index (χ3n) is 2.91. The fourth-order valence-corrected chi connectivity index (χ4v) is 2.64. The van der Waals surface area contributed by atoms with Crippen LogP contribution >= 0.6 is 15.9 Å². The first kappa shape index (κ1) is 15.5. The van der Waals surface area contributed by atoms with Crippen molar-refractivity contribution in [2.24, 2.45) is 5.41 Å². The highest BCUT2D eigenvalue weighted by atomic mass is 79.9. The summed E-state index contributed by atoms with van der Waals surface area (Å²) in [5.74, 6) is 0.921. The summed E-state index contributed by atoms with van der Waals surface area (Å²) in [7, 11) is 2.01. The van der Waals surface area contributed by atoms with Crippen LogP contribution in [-0.2, 0) is 0 Å². The Kier molecular flexibility index (Phi) is 5.67. The highest BCUT2D eigenvalue weighted by Crippen LogP contribution is 2.36. The zero-order chi connectivity index (χ0) is 13.8. The molecule has 1 aromatic carbocycles. The second kappa shape index (κ2) is 6.58. The maximum Gasteiger partial charge on any atom is 0.133 e. The number of hydrogen-bond donors (Lipinski definition) is 1. The number of rotatable bonds is 5. The summed E-state index contributed by atoms with van der Waals surface area (Å²) in [4.78, 5) is 0. The molecule has 1 N–H and O–H groups in total. The Bertz CT molecular complexity index is 385. The zero-order valence-corrected chi connectivity index (χ0v) is 13.6. The molecule has 2 nitrogen and oxygen atoms in total. The standard InChI is InChI=1S/C15H24BrNO/c1-6-9-18-13-8-7-11(10-12(13)16)14(17-5)15(2,3)4/h7-8,10,14,17H,6,9H2,1-5H3. The van der Waals surface area contributed by atoms with Gasteiger partial charge in [-0.15, -0.1) is 0 Å². The molecule has 0 aliphatic carbocycles. The van der Waals surface area contributed by atoms with Gasteiger partial charge in [0.25, 0.3) is 0 Å². The highest BCUT2D eigenvalue weighted by molar-refractivity contribution is 9.10. The molecule has 3 heteroatoms. The zero-order valence-electron chi connectivity index (χ0n) is 12.0. The van der Waals surface area contributed by atoms with Crippen molar-refractivity contribution in [1.82, 2.24) is 5.32 Å². The van der Waals surface area contributed by atoms with Crippen LogP contribution in [0.1, 0.15) is 45.7 Å². The van der Waals surface area contributed by atoms with Gasteiger partial charge in [-0.2, -0.15) is 0 Å². The molecule has 0 bridgehead atoms. The van der Waals surface area contributed by atoms with Crippen molar-refractivity contribution < 1.29 is 4.74 Å². The van der Waals surface area contributed by atoms with E-state index in [-0.39, 0.29) is 5.41 Å². The Morgan fingerprint density at radius 3 is 2.44 bits per heavy atom. The molecular weight excluding hydrogens is 290 g/mol. The van der Waals surface area contributed by atoms with Crippen LogP contribution in [0, 0.1) is 5.41 Å². The van der Waals surface area contributed by atoms with Gasteiger partial charge in [0.1, 0.15) is 5.75 Å². The lowest BCUT2D eigenvalue weighted by Gasteiger charge is -2.31. The minimum atomic E-state index is 0.181. The molecule has 102 valence electrons. The van der Waals surface area contributed by atoms with Crippen LogP contribution in [0.25, 0.3) is 0 Å². The Morgan fingerprint density at radius 2 is 2.00 bits per heavy atom. The normalized spacial score (nSPS) is 13.4. The topological polar surface area (TPSA) is 21.3 Å². The minimum absolute atomic E-state index is 0.181. The first-order chi connectivity index (χ1) is 8.40. The van der Waals surface area contributed by atoms with E-state index in [1.165, 1.54) is 5.56 Å². The molecule has 18 heavy (non-hydrogen) atoms. The van der Waals surface area contributed by atoms with E-state index >= 15 is 0 Å². The molecule has 0 aliphatic heterocycles. The van der Waals surface area contributed by atoms with Gasteiger partial charge in [-0.05, 0) is 52.5 Å². The molecule has 0 radical (unpaired) electrons. The Hall–Kier alpha value is -0.540. The van der Waals surface area contributed by atoms with E-state index in [9.17, 15) is 0 Å². The smallest absolute Gasteiger partial charge is 0.133 e. The highest BCUT2D eigenvalue weighted by Gasteiger charge is 2.25. The lowest BCUT2D eigenvalue weighted by atomic mass is 9.82. The Morgan fingerprint density at radius 1 is 1.33 bits per heavy atom. The van der Waals surface area contributed by atoms with Crippen molar-refractivity contribution >= 4 is 15.9 Å². The molecule has 1 unspecified atom stereocenters. The van der Waals surface area contributed by atoms with Gasteiger partial charge < -0.3 is 10.1 Å². The van der Waals surface area contributed by atoms with Crippen LogP contribution in [0.3, 0.4) is 0 Å². The van der Waals surface area contributed by atoms with Crippen LogP contribution in [0.2, 0.25) is 0 Å². The molecule has 0 heterocycles. The van der Waals surface area contributed by atoms with E-state index in [2.05, 4.69) is 61.1 Å². The molecule has 0 spiro atoms. The molecule has 0 amide bonds. The second-order valence-electron chi connectivity index (χ2n) is 5.63. The fraction of sp³-hybridized carbons (Fsp3) is 0.600. The summed E-state index contributed by atoms with van der Waals surface area (Å²) in [6.45, 7) is 9.59. The van der Waals surface area contributed by atoms with Gasteiger partial charge in [0.05, 0.1) is 11.1 Å². The van der Waals surface area contributed by atoms with Crippen LogP contribution in [0.15, 0.2) is 22.7 Å². The predicted octanol–water partition coefficient (Wildman–Crippen LogP) is 4.54. The van der Waals surface area contributed by atoms with E-state index in [0.717, 1.165) is 23.2 Å². The quantitative estimate of drug-likeness (QED) is 0.861. The number of hydrogen-bond acceptors (Lipinski definition) is 2. The first-order valence-corrected chi connectivity index (χ1v) is 7.29. The molecule has 1 rings (SSSR count). The molecular formula is C15H24BrNO. The average Bonchev–Trinajstić information content (AvgIpc) is 2.27. The van der Waals surface area contributed by atoms with Gasteiger partial charge >= 0.3 is 0 Å². The summed E-state index contributed by atoms with van der Waals surface area (Å²) in [5, 5.41) is 3.39. The van der Waals surface area contributed by atoms with Crippen LogP contribution < -0.4 is 10.1 Å². The van der Waals surface area contributed by atoms with Crippen molar-refractivity contribution in [3.05, 3.63) is 28.2 Å². The minimum Gasteiger partial charge on any atom is -0.492 e. The van der Waals surface area contributed by atoms with E-state index < -0.39 is 0 Å². The Labute approximate surface area is 119 Å². The second-order valence-corrected chi connectivity index (χ2v) is 6.48. The van der Waals surface area contributed by atoms with Gasteiger partial charge in [0.15, 0.2) is 0 Å². The SMILES string of the molecule is CCCOc1ccc(C(NC)C(C)(C)C)cc1Br. The maximum atomic E-state index is 5.67. The maximum absolute atomic E-state index is 5.67. The van der Waals surface area contributed by atoms with Crippen molar-refractivity contribution in [2.75, 3.05) is 13.7 Å². The van der Waals surface area contributed by atoms with Crippen molar-refractivity contribution in [3.63, 3.8) is 0 Å². The summed E-state index contributed by atoms with van der Waals surface area (Å²) < 4.78 is 6.70. The van der Waals surface area contributed by atoms with Crippen molar-refractivity contribution in [2.45, 2.75) is 40.2 Å². The summed E-state index contributed by atoms with van der Waals surface area (Å²) in [5.41, 5.74) is 1.46. The molecule has 0 aromatic heterocycles. The fourth-order valence-electron chi connectivity index (χ4n) is 2.13. The van der Waals surface area contributed by atoms with Crippen molar-refractivity contribution in [1.29, 1.82) is 0 Å². The van der Waals surface area contributed by atoms with Gasteiger partial charge in [0, 0.05) is 6.04 Å². The largest absolute Gasteiger partial charge is 0.492 e. The van der Waals surface area contributed by atoms with Gasteiger partial charge in [0.2, 0.25) is 0 Å². The van der Waals surface area contributed by atoms with Gasteiger partial charge in [-0.25, -0.2) is 0 Å². The number of benzene rings is 1. The third-order valence-corrected chi connectivity index (χ3v) is 3.53. The number of ether oxygens (including phenoxy) is 1. The molecule has 1 atom stereocenters.